The van der Waals surface area contributed by atoms with Crippen LogP contribution in [0.25, 0.3) is 22.4 Å². The third-order valence-electron chi connectivity index (χ3n) is 5.00. The number of hydrogen-bond donors (Lipinski definition) is 0. The lowest BCUT2D eigenvalue weighted by Crippen LogP contribution is -2.03. The second kappa shape index (κ2) is 7.26. The molecule has 0 atom stereocenters. The molecule has 0 spiro atoms. The van der Waals surface area contributed by atoms with Crippen molar-refractivity contribution in [2.75, 3.05) is 5.75 Å². The number of nitrogens with zero attached hydrogens (tertiary/aromatic N) is 4. The van der Waals surface area contributed by atoms with Crippen molar-refractivity contribution in [2.24, 2.45) is 7.05 Å². The van der Waals surface area contributed by atoms with Gasteiger partial charge >= 0.3 is 5.51 Å². The molecule has 1 saturated carbocycles. The van der Waals surface area contributed by atoms with Gasteiger partial charge in [0.15, 0.2) is 0 Å². The maximum absolute atomic E-state index is 12.7. The van der Waals surface area contributed by atoms with Crippen LogP contribution in [0.5, 0.6) is 0 Å². The number of rotatable bonds is 5. The summed E-state index contributed by atoms with van der Waals surface area (Å²) in [6.45, 7) is 2.05. The molecule has 0 aliphatic heterocycles. The molecule has 3 aromatic rings. The molecule has 1 aromatic carbocycles. The molecule has 0 amide bonds. The van der Waals surface area contributed by atoms with E-state index in [9.17, 15) is 18.4 Å². The number of imidazole rings is 1. The smallest absolute Gasteiger partial charge is 0.326 e. The van der Waals surface area contributed by atoms with Crippen LogP contribution in [0, 0.1) is 11.3 Å². The summed E-state index contributed by atoms with van der Waals surface area (Å²) in [5.41, 5.74) is -1.71. The van der Waals surface area contributed by atoms with Gasteiger partial charge in [-0.2, -0.15) is 18.4 Å². The Labute approximate surface area is 174 Å². The molecule has 29 heavy (non-hydrogen) atoms. The second-order valence-electron chi connectivity index (χ2n) is 6.89. The van der Waals surface area contributed by atoms with Gasteiger partial charge in [-0.1, -0.05) is 13.0 Å². The number of pyridine rings is 1. The van der Waals surface area contributed by atoms with Crippen molar-refractivity contribution in [3.05, 3.63) is 36.0 Å². The lowest BCUT2D eigenvalue weighted by atomic mass is 9.96. The van der Waals surface area contributed by atoms with Crippen molar-refractivity contribution in [1.29, 1.82) is 5.26 Å². The van der Waals surface area contributed by atoms with Crippen LogP contribution in [-0.2, 0) is 12.5 Å². The van der Waals surface area contributed by atoms with E-state index in [0.717, 1.165) is 34.6 Å². The molecule has 0 bridgehead atoms. The van der Waals surface area contributed by atoms with Gasteiger partial charge in [-0.25, -0.2) is 9.97 Å². The van der Waals surface area contributed by atoms with Crippen molar-refractivity contribution >= 4 is 34.6 Å². The van der Waals surface area contributed by atoms with Gasteiger partial charge in [-0.15, -0.1) is 11.8 Å². The van der Waals surface area contributed by atoms with Crippen molar-refractivity contribution < 1.29 is 13.2 Å². The van der Waals surface area contributed by atoms with Crippen LogP contribution in [0.4, 0.5) is 13.2 Å². The Bertz CT molecular complexity index is 1130. The van der Waals surface area contributed by atoms with Crippen LogP contribution < -0.4 is 0 Å². The van der Waals surface area contributed by atoms with Crippen LogP contribution in [0.1, 0.15) is 25.3 Å². The molecule has 4 nitrogen and oxygen atoms in total. The summed E-state index contributed by atoms with van der Waals surface area (Å²) >= 11 is 1.42. The fourth-order valence-electron chi connectivity index (χ4n) is 3.36. The summed E-state index contributed by atoms with van der Waals surface area (Å²) in [6, 6.07) is 9.78. The first-order valence-electron chi connectivity index (χ1n) is 9.03. The van der Waals surface area contributed by atoms with Gasteiger partial charge in [0.05, 0.1) is 28.7 Å². The van der Waals surface area contributed by atoms with Gasteiger partial charge in [0, 0.05) is 29.3 Å². The lowest BCUT2D eigenvalue weighted by Gasteiger charge is -2.13. The topological polar surface area (TPSA) is 54.5 Å². The summed E-state index contributed by atoms with van der Waals surface area (Å²) < 4.78 is 39.8. The average Bonchev–Trinajstić information content (AvgIpc) is 3.40. The standard InChI is InChI=1S/C20H17F3N4S2/c1-3-28-16-8-12(19(11-24)6-7-19)4-5-13(16)18-26-14-9-17(29-20(21,22)23)25-10-15(14)27(18)2/h4-5,8-10H,3,6-7H2,1-2H3. The van der Waals surface area contributed by atoms with E-state index in [-0.39, 0.29) is 22.2 Å². The van der Waals surface area contributed by atoms with Gasteiger partial charge in [0.1, 0.15) is 10.9 Å². The minimum Gasteiger partial charge on any atom is -0.326 e. The predicted molar refractivity (Wildman–Crippen MR) is 109 cm³/mol. The number of thioether (sulfide) groups is 2. The molecule has 1 fully saturated rings. The number of hydrogen-bond acceptors (Lipinski definition) is 5. The fourth-order valence-corrected chi connectivity index (χ4v) is 4.70. The largest absolute Gasteiger partial charge is 0.447 e. The van der Waals surface area contributed by atoms with Crippen molar-refractivity contribution in [2.45, 2.75) is 40.6 Å². The normalized spacial score (nSPS) is 15.4. The molecular weight excluding hydrogens is 417 g/mol. The number of benzene rings is 1. The molecule has 150 valence electrons. The average molecular weight is 435 g/mol. The summed E-state index contributed by atoms with van der Waals surface area (Å²) in [5.74, 6) is 1.52. The van der Waals surface area contributed by atoms with E-state index < -0.39 is 5.51 Å². The minimum atomic E-state index is -4.39. The van der Waals surface area contributed by atoms with Crippen LogP contribution in [0.3, 0.4) is 0 Å². The van der Waals surface area contributed by atoms with E-state index in [1.807, 2.05) is 23.7 Å². The van der Waals surface area contributed by atoms with E-state index in [2.05, 4.69) is 29.0 Å². The van der Waals surface area contributed by atoms with Crippen molar-refractivity contribution in [1.82, 2.24) is 14.5 Å². The molecule has 2 heterocycles. The highest BCUT2D eigenvalue weighted by Gasteiger charge is 2.45. The highest BCUT2D eigenvalue weighted by atomic mass is 32.2. The number of aromatic nitrogens is 3. The molecule has 9 heteroatoms. The molecule has 4 rings (SSSR count). The third kappa shape index (κ3) is 3.83. The number of fused-ring (bicyclic) bond motifs is 1. The Hall–Kier alpha value is -2.18. The molecule has 0 N–H and O–H groups in total. The number of aryl methyl sites for hydroxylation is 1. The predicted octanol–water partition coefficient (Wildman–Crippen LogP) is 5.91. The highest BCUT2D eigenvalue weighted by molar-refractivity contribution is 8.00. The SMILES string of the molecule is CCSc1cc(C2(C#N)CC2)ccc1-c1nc2cc(SC(F)(F)F)ncc2n1C. The third-order valence-corrected chi connectivity index (χ3v) is 6.60. The van der Waals surface area contributed by atoms with Gasteiger partial charge in [-0.3, -0.25) is 0 Å². The van der Waals surface area contributed by atoms with Gasteiger partial charge in [-0.05, 0) is 42.4 Å². The van der Waals surface area contributed by atoms with Crippen LogP contribution in [0.2, 0.25) is 0 Å². The molecule has 1 aliphatic rings. The quantitative estimate of drug-likeness (QED) is 0.467. The maximum atomic E-state index is 12.7. The molecule has 0 radical (unpaired) electrons. The van der Waals surface area contributed by atoms with E-state index >= 15 is 0 Å². The van der Waals surface area contributed by atoms with Gasteiger partial charge in [0.25, 0.3) is 0 Å². The molecular formula is C20H17F3N4S2. The Morgan fingerprint density at radius 3 is 2.66 bits per heavy atom. The zero-order chi connectivity index (χ0) is 20.8. The van der Waals surface area contributed by atoms with Crippen LogP contribution in [0.15, 0.2) is 40.4 Å². The summed E-state index contributed by atoms with van der Waals surface area (Å²) in [4.78, 5) is 9.55. The van der Waals surface area contributed by atoms with Crippen molar-refractivity contribution in [3.8, 4) is 17.5 Å². The summed E-state index contributed by atoms with van der Waals surface area (Å²) in [5, 5.41) is 9.37. The fraction of sp³-hybridized carbons (Fsp3) is 0.350. The van der Waals surface area contributed by atoms with E-state index in [4.69, 9.17) is 0 Å². The second-order valence-corrected chi connectivity index (χ2v) is 9.28. The number of nitriles is 1. The number of alkyl halides is 3. The Morgan fingerprint density at radius 2 is 2.03 bits per heavy atom. The van der Waals surface area contributed by atoms with Gasteiger partial charge in [0.2, 0.25) is 0 Å². The van der Waals surface area contributed by atoms with Gasteiger partial charge < -0.3 is 4.57 Å². The first kappa shape index (κ1) is 20.1. The molecule has 0 saturated heterocycles. The summed E-state index contributed by atoms with van der Waals surface area (Å²) in [7, 11) is 1.83. The summed E-state index contributed by atoms with van der Waals surface area (Å²) in [6.07, 6.45) is 3.17. The van der Waals surface area contributed by atoms with E-state index in [1.54, 1.807) is 11.8 Å². The number of halogens is 3. The zero-order valence-corrected chi connectivity index (χ0v) is 17.4. The molecule has 1 aliphatic carbocycles. The highest BCUT2D eigenvalue weighted by Crippen LogP contribution is 2.49. The van der Waals surface area contributed by atoms with Crippen molar-refractivity contribution in [3.63, 3.8) is 0 Å². The lowest BCUT2D eigenvalue weighted by molar-refractivity contribution is -0.0329. The first-order chi connectivity index (χ1) is 13.8. The van der Waals surface area contributed by atoms with E-state index in [1.165, 1.54) is 12.3 Å². The Kier molecular flexibility index (Phi) is 5.03. The van der Waals surface area contributed by atoms with Crippen LogP contribution >= 0.6 is 23.5 Å². The van der Waals surface area contributed by atoms with Crippen LogP contribution in [-0.4, -0.2) is 25.8 Å². The Balaban J connectivity index is 1.79. The molecule has 2 aromatic heterocycles. The minimum absolute atomic E-state index is 0.127. The molecule has 0 unspecified atom stereocenters. The maximum Gasteiger partial charge on any atom is 0.447 e. The van der Waals surface area contributed by atoms with E-state index in [0.29, 0.717) is 16.9 Å². The monoisotopic (exact) mass is 434 g/mol. The zero-order valence-electron chi connectivity index (χ0n) is 15.7. The first-order valence-corrected chi connectivity index (χ1v) is 10.8. The Morgan fingerprint density at radius 1 is 1.28 bits per heavy atom.